The molecule has 4 nitrogen and oxygen atoms in total. The molecule has 0 aliphatic heterocycles. The first-order chi connectivity index (χ1) is 3.81. The van der Waals surface area contributed by atoms with E-state index < -0.39 is 5.97 Å². The Bertz CT molecular complexity index is 73.7. The highest BCUT2D eigenvalue weighted by molar-refractivity contribution is 5.71. The third-order valence-corrected chi connectivity index (χ3v) is 0.499. The van der Waals surface area contributed by atoms with Gasteiger partial charge in [0.15, 0.2) is 0 Å². The number of hydrogen-bond donors (Lipinski definition) is 1. The van der Waals surface area contributed by atoms with Gasteiger partial charge in [0.05, 0.1) is 6.61 Å². The van der Waals surface area contributed by atoms with E-state index in [2.05, 4.69) is 4.74 Å². The average molecular weight is 118 g/mol. The molecule has 0 rings (SSSR count). The Morgan fingerprint density at radius 1 is 1.75 bits per heavy atom. The lowest BCUT2D eigenvalue weighted by molar-refractivity contribution is -0.142. The predicted molar refractivity (Wildman–Crippen MR) is 26.0 cm³/mol. The molecule has 47 valence electrons. The van der Waals surface area contributed by atoms with E-state index in [0.29, 0.717) is 0 Å². The number of nitrogens with one attached hydrogen (secondary N) is 1. The Labute approximate surface area is 47.2 Å². The van der Waals surface area contributed by atoms with Crippen LogP contribution in [0.3, 0.4) is 0 Å². The van der Waals surface area contributed by atoms with Gasteiger partial charge in [0.25, 0.3) is 0 Å². The van der Waals surface area contributed by atoms with E-state index in [1.54, 1.807) is 0 Å². The summed E-state index contributed by atoms with van der Waals surface area (Å²) in [7, 11) is 0. The molecule has 4 heteroatoms. The van der Waals surface area contributed by atoms with E-state index in [1.165, 1.54) is 0 Å². The minimum atomic E-state index is -0.598. The molecule has 0 fully saturated rings. The van der Waals surface area contributed by atoms with Crippen molar-refractivity contribution in [3.05, 3.63) is 0 Å². The lowest BCUT2D eigenvalue weighted by atomic mass is 10.7. The number of aliphatic hydroxyl groups is 1. The summed E-state index contributed by atoms with van der Waals surface area (Å²) in [6.07, 6.45) is 0. The minimum absolute atomic E-state index is 0.00227. The summed E-state index contributed by atoms with van der Waals surface area (Å²) in [6, 6.07) is 0. The molecule has 0 aliphatic rings. The Balaban J connectivity index is 2.99. The zero-order valence-corrected chi connectivity index (χ0v) is 4.39. The highest BCUT2D eigenvalue weighted by atomic mass is 16.5. The van der Waals surface area contributed by atoms with Crippen LogP contribution in [0.4, 0.5) is 0 Å². The summed E-state index contributed by atoms with van der Waals surface area (Å²) in [5.41, 5.74) is 6.43. The summed E-state index contributed by atoms with van der Waals surface area (Å²) < 4.78 is 4.26. The summed E-state index contributed by atoms with van der Waals surface area (Å²) >= 11 is 0. The van der Waals surface area contributed by atoms with E-state index in [4.69, 9.17) is 10.8 Å². The highest BCUT2D eigenvalue weighted by Crippen LogP contribution is 1.72. The zero-order valence-electron chi connectivity index (χ0n) is 4.39. The second kappa shape index (κ2) is 4.55. The summed E-state index contributed by atoms with van der Waals surface area (Å²) in [6.45, 7) is -0.552. The van der Waals surface area contributed by atoms with Crippen LogP contribution in [0.25, 0.3) is 0 Å². The van der Waals surface area contributed by atoms with Gasteiger partial charge in [-0.3, -0.25) is 4.79 Å². The van der Waals surface area contributed by atoms with E-state index in [1.807, 2.05) is 0 Å². The molecule has 0 aromatic rings. The maximum absolute atomic E-state index is 10.0. The number of ether oxygens (including phenoxy) is 1. The number of esters is 1. The van der Waals surface area contributed by atoms with E-state index in [-0.39, 0.29) is 19.8 Å². The lowest BCUT2D eigenvalue weighted by Gasteiger charge is -1.96. The topological polar surface area (TPSA) is 70.3 Å². The third-order valence-electron chi connectivity index (χ3n) is 0.499. The van der Waals surface area contributed by atoms with Gasteiger partial charge in [-0.1, -0.05) is 0 Å². The average Bonchev–Trinajstić information content (AvgIpc) is 1.83. The van der Waals surface area contributed by atoms with Crippen molar-refractivity contribution in [3.63, 3.8) is 0 Å². The monoisotopic (exact) mass is 118 g/mol. The fourth-order valence-corrected chi connectivity index (χ4v) is 0.211. The summed E-state index contributed by atoms with van der Waals surface area (Å²) in [5, 5.41) is 8.07. The van der Waals surface area contributed by atoms with Gasteiger partial charge in [0.2, 0.25) is 0 Å². The molecule has 0 aromatic heterocycles. The number of carbonyl (C=O) groups excluding carboxylic acids is 1. The number of rotatable bonds is 3. The first-order valence-corrected chi connectivity index (χ1v) is 2.22. The van der Waals surface area contributed by atoms with Gasteiger partial charge < -0.3 is 9.84 Å². The smallest absolute Gasteiger partial charge is 0.321 e. The van der Waals surface area contributed by atoms with Crippen LogP contribution in [0.2, 0.25) is 0 Å². The largest absolute Gasteiger partial charge is 0.462 e. The van der Waals surface area contributed by atoms with Crippen molar-refractivity contribution in [2.24, 2.45) is 0 Å². The Morgan fingerprint density at radius 2 is 2.38 bits per heavy atom. The molecule has 0 amide bonds. The van der Waals surface area contributed by atoms with Crippen LogP contribution in [0.15, 0.2) is 0 Å². The third kappa shape index (κ3) is 3.58. The molecule has 0 saturated heterocycles. The van der Waals surface area contributed by atoms with Gasteiger partial charge in [-0.2, -0.15) is 0 Å². The fraction of sp³-hybridized carbons (Fsp3) is 0.750. The maximum atomic E-state index is 10.0. The number of aliphatic hydroxyl groups excluding tert-OH is 1. The summed E-state index contributed by atoms with van der Waals surface area (Å²) in [5.74, 6) is -0.598. The molecule has 0 aromatic carbocycles. The van der Waals surface area contributed by atoms with Crippen LogP contribution in [0.5, 0.6) is 0 Å². The molecule has 8 heavy (non-hydrogen) atoms. The van der Waals surface area contributed by atoms with Gasteiger partial charge >= 0.3 is 5.97 Å². The fourth-order valence-electron chi connectivity index (χ4n) is 0.211. The van der Waals surface area contributed by atoms with Gasteiger partial charge in [-0.05, 0) is 0 Å². The van der Waals surface area contributed by atoms with Gasteiger partial charge in [-0.15, -0.1) is 0 Å². The van der Waals surface area contributed by atoms with E-state index in [9.17, 15) is 4.79 Å². The van der Waals surface area contributed by atoms with Gasteiger partial charge in [0, 0.05) is 0 Å². The lowest BCUT2D eigenvalue weighted by Crippen LogP contribution is -2.12. The molecular formula is C4H8NO3. The van der Waals surface area contributed by atoms with Gasteiger partial charge in [-0.25, -0.2) is 5.73 Å². The molecular weight excluding hydrogens is 110 g/mol. The van der Waals surface area contributed by atoms with Crippen LogP contribution in [0.1, 0.15) is 0 Å². The Hall–Kier alpha value is -0.610. The van der Waals surface area contributed by atoms with Crippen LogP contribution in [-0.4, -0.2) is 30.8 Å². The Morgan fingerprint density at radius 3 is 2.75 bits per heavy atom. The van der Waals surface area contributed by atoms with Gasteiger partial charge in [0.1, 0.15) is 13.2 Å². The Kier molecular flexibility index (Phi) is 4.20. The van der Waals surface area contributed by atoms with Crippen molar-refractivity contribution < 1.29 is 14.6 Å². The zero-order chi connectivity index (χ0) is 6.41. The molecule has 0 heterocycles. The molecule has 2 N–H and O–H groups in total. The molecule has 0 saturated carbocycles. The first kappa shape index (κ1) is 7.39. The summed E-state index contributed by atoms with van der Waals surface area (Å²) in [4.78, 5) is 10.0. The van der Waals surface area contributed by atoms with Crippen molar-refractivity contribution in [1.29, 1.82) is 0 Å². The van der Waals surface area contributed by atoms with Crippen molar-refractivity contribution >= 4 is 5.97 Å². The number of carbonyl (C=O) groups is 1. The standard InChI is InChI=1S/C4H8NO3/c5-3-4(7)8-2-1-6/h5-6H,1-3H2. The molecule has 0 atom stereocenters. The SMILES string of the molecule is [NH]CC(=O)OCCO. The van der Waals surface area contributed by atoms with E-state index >= 15 is 0 Å². The maximum Gasteiger partial charge on any atom is 0.321 e. The minimum Gasteiger partial charge on any atom is -0.462 e. The predicted octanol–water partition coefficient (Wildman–Crippen LogP) is -1.20. The highest BCUT2D eigenvalue weighted by Gasteiger charge is 1.94. The number of hydrogen-bond acceptors (Lipinski definition) is 3. The molecule has 0 spiro atoms. The van der Waals surface area contributed by atoms with Crippen molar-refractivity contribution in [2.75, 3.05) is 19.8 Å². The van der Waals surface area contributed by atoms with Crippen molar-refractivity contribution in [2.45, 2.75) is 0 Å². The van der Waals surface area contributed by atoms with Crippen LogP contribution >= 0.6 is 0 Å². The second-order valence-electron chi connectivity index (χ2n) is 1.12. The van der Waals surface area contributed by atoms with Crippen LogP contribution in [0, 0.1) is 0 Å². The van der Waals surface area contributed by atoms with Crippen LogP contribution < -0.4 is 5.73 Å². The second-order valence-corrected chi connectivity index (χ2v) is 1.12. The molecule has 0 aliphatic carbocycles. The van der Waals surface area contributed by atoms with Crippen LogP contribution in [-0.2, 0) is 9.53 Å². The van der Waals surface area contributed by atoms with Crippen molar-refractivity contribution in [3.8, 4) is 0 Å². The quantitative estimate of drug-likeness (QED) is 0.473. The van der Waals surface area contributed by atoms with E-state index in [0.717, 1.165) is 0 Å². The first-order valence-electron chi connectivity index (χ1n) is 2.22. The molecule has 0 bridgehead atoms. The van der Waals surface area contributed by atoms with Crippen molar-refractivity contribution in [1.82, 2.24) is 5.73 Å². The molecule has 1 radical (unpaired) electrons. The normalized spacial score (nSPS) is 8.75. The molecule has 0 unspecified atom stereocenters.